The lowest BCUT2D eigenvalue weighted by atomic mass is 10.1. The molecule has 0 spiro atoms. The van der Waals surface area contributed by atoms with Crippen LogP contribution in [-0.4, -0.2) is 17.8 Å². The second-order valence-electron chi connectivity index (χ2n) is 6.12. The van der Waals surface area contributed by atoms with Crippen molar-refractivity contribution in [3.8, 4) is 0 Å². The molecule has 1 aromatic heterocycles. The number of nitrogens with two attached hydrogens (primary N) is 1. The minimum Gasteiger partial charge on any atom is -0.340 e. The van der Waals surface area contributed by atoms with Gasteiger partial charge in [-0.2, -0.15) is 0 Å². The molecule has 0 radical (unpaired) electrons. The van der Waals surface area contributed by atoms with Gasteiger partial charge in [-0.25, -0.2) is 0 Å². The third-order valence-electron chi connectivity index (χ3n) is 4.56. The van der Waals surface area contributed by atoms with E-state index in [0.717, 1.165) is 11.1 Å². The maximum atomic E-state index is 8.41. The standard InChI is InChI=1S/C21H19N3S/c1-24(20(22)14-7-3-2-4-8-14)21(23)15-11-12-17-16-9-5-6-10-18(16)25-19(17)13-15/h2-13,21-22H,23H2,1H3. The molecule has 0 saturated heterocycles. The van der Waals surface area contributed by atoms with Gasteiger partial charge < -0.3 is 10.6 Å². The zero-order valence-electron chi connectivity index (χ0n) is 13.9. The van der Waals surface area contributed by atoms with Crippen LogP contribution < -0.4 is 5.73 Å². The Kier molecular flexibility index (Phi) is 3.99. The van der Waals surface area contributed by atoms with Gasteiger partial charge in [0.05, 0.1) is 0 Å². The number of rotatable bonds is 3. The van der Waals surface area contributed by atoms with E-state index in [1.165, 1.54) is 20.2 Å². The van der Waals surface area contributed by atoms with Crippen molar-refractivity contribution >= 4 is 37.3 Å². The Morgan fingerprint density at radius 1 is 0.920 bits per heavy atom. The molecule has 0 aliphatic heterocycles. The first-order valence-corrected chi connectivity index (χ1v) is 9.00. The van der Waals surface area contributed by atoms with E-state index in [4.69, 9.17) is 11.1 Å². The molecular weight excluding hydrogens is 326 g/mol. The van der Waals surface area contributed by atoms with Crippen LogP contribution in [0.4, 0.5) is 0 Å². The van der Waals surface area contributed by atoms with Gasteiger partial charge in [0.15, 0.2) is 0 Å². The molecule has 25 heavy (non-hydrogen) atoms. The average molecular weight is 345 g/mol. The SMILES string of the molecule is CN(C(=N)c1ccccc1)C(N)c1ccc2c(c1)sc1ccccc12. The topological polar surface area (TPSA) is 53.1 Å². The molecule has 1 heterocycles. The fourth-order valence-corrected chi connectivity index (χ4v) is 4.24. The minimum atomic E-state index is -0.359. The van der Waals surface area contributed by atoms with Crippen molar-refractivity contribution in [1.29, 1.82) is 5.41 Å². The Morgan fingerprint density at radius 2 is 1.60 bits per heavy atom. The lowest BCUT2D eigenvalue weighted by molar-refractivity contribution is 0.384. The van der Waals surface area contributed by atoms with E-state index >= 15 is 0 Å². The first-order valence-electron chi connectivity index (χ1n) is 8.19. The van der Waals surface area contributed by atoms with Crippen molar-refractivity contribution in [2.45, 2.75) is 6.17 Å². The summed E-state index contributed by atoms with van der Waals surface area (Å²) in [5.74, 6) is 0.421. The minimum absolute atomic E-state index is 0.359. The summed E-state index contributed by atoms with van der Waals surface area (Å²) in [5, 5.41) is 11.0. The molecule has 3 nitrogen and oxygen atoms in total. The quantitative estimate of drug-likeness (QED) is 0.313. The molecule has 0 fully saturated rings. The number of benzene rings is 3. The van der Waals surface area contributed by atoms with Crippen LogP contribution in [0.25, 0.3) is 20.2 Å². The van der Waals surface area contributed by atoms with Crippen LogP contribution in [0.2, 0.25) is 0 Å². The summed E-state index contributed by atoms with van der Waals surface area (Å²) in [5.41, 5.74) is 8.33. The zero-order chi connectivity index (χ0) is 17.4. The predicted molar refractivity (Wildman–Crippen MR) is 107 cm³/mol. The molecule has 1 unspecified atom stereocenters. The summed E-state index contributed by atoms with van der Waals surface area (Å²) in [6.07, 6.45) is -0.359. The van der Waals surface area contributed by atoms with Gasteiger partial charge in [-0.15, -0.1) is 11.3 Å². The molecule has 0 aliphatic rings. The number of amidine groups is 1. The lowest BCUT2D eigenvalue weighted by Crippen LogP contribution is -2.36. The smallest absolute Gasteiger partial charge is 0.129 e. The molecule has 0 aliphatic carbocycles. The molecule has 3 N–H and O–H groups in total. The molecular formula is C21H19N3S. The van der Waals surface area contributed by atoms with E-state index in [1.807, 2.05) is 42.3 Å². The first kappa shape index (κ1) is 15.8. The molecule has 124 valence electrons. The molecule has 3 aromatic carbocycles. The molecule has 1 atom stereocenters. The van der Waals surface area contributed by atoms with E-state index in [-0.39, 0.29) is 6.17 Å². The van der Waals surface area contributed by atoms with Gasteiger partial charge in [0, 0.05) is 32.8 Å². The Hall–Kier alpha value is -2.69. The van der Waals surface area contributed by atoms with E-state index in [2.05, 4.69) is 42.5 Å². The highest BCUT2D eigenvalue weighted by Crippen LogP contribution is 2.35. The van der Waals surface area contributed by atoms with Crippen molar-refractivity contribution in [3.63, 3.8) is 0 Å². The van der Waals surface area contributed by atoms with Crippen LogP contribution in [0.15, 0.2) is 72.8 Å². The van der Waals surface area contributed by atoms with Crippen LogP contribution in [0.1, 0.15) is 17.3 Å². The highest BCUT2D eigenvalue weighted by molar-refractivity contribution is 7.25. The Bertz CT molecular complexity index is 1050. The van der Waals surface area contributed by atoms with Crippen molar-refractivity contribution in [3.05, 3.63) is 83.9 Å². The highest BCUT2D eigenvalue weighted by atomic mass is 32.1. The van der Waals surface area contributed by atoms with Gasteiger partial charge in [-0.1, -0.05) is 60.7 Å². The Morgan fingerprint density at radius 3 is 2.40 bits per heavy atom. The predicted octanol–water partition coefficient (Wildman–Crippen LogP) is 4.97. The number of nitrogens with one attached hydrogen (secondary N) is 1. The number of hydrogen-bond donors (Lipinski definition) is 2. The van der Waals surface area contributed by atoms with Crippen molar-refractivity contribution in [1.82, 2.24) is 4.90 Å². The van der Waals surface area contributed by atoms with Crippen LogP contribution in [0.5, 0.6) is 0 Å². The fraction of sp³-hybridized carbons (Fsp3) is 0.0952. The molecule has 4 aromatic rings. The van der Waals surface area contributed by atoms with Crippen molar-refractivity contribution in [2.24, 2.45) is 5.73 Å². The number of fused-ring (bicyclic) bond motifs is 3. The van der Waals surface area contributed by atoms with E-state index in [1.54, 1.807) is 11.3 Å². The molecule has 4 heteroatoms. The molecule has 0 amide bonds. The molecule has 0 saturated carbocycles. The second kappa shape index (κ2) is 6.31. The van der Waals surface area contributed by atoms with Gasteiger partial charge in [-0.3, -0.25) is 5.41 Å². The summed E-state index contributed by atoms with van der Waals surface area (Å²) in [6.45, 7) is 0. The molecule has 4 rings (SSSR count). The largest absolute Gasteiger partial charge is 0.340 e. The van der Waals surface area contributed by atoms with Crippen molar-refractivity contribution < 1.29 is 0 Å². The Balaban J connectivity index is 1.68. The van der Waals surface area contributed by atoms with E-state index in [0.29, 0.717) is 5.84 Å². The highest BCUT2D eigenvalue weighted by Gasteiger charge is 2.17. The number of nitrogens with zero attached hydrogens (tertiary/aromatic N) is 1. The van der Waals surface area contributed by atoms with Gasteiger partial charge in [-0.05, 0) is 17.7 Å². The summed E-state index contributed by atoms with van der Waals surface area (Å²) in [4.78, 5) is 1.81. The maximum Gasteiger partial charge on any atom is 0.129 e. The van der Waals surface area contributed by atoms with Crippen LogP contribution in [-0.2, 0) is 0 Å². The fourth-order valence-electron chi connectivity index (χ4n) is 3.09. The lowest BCUT2D eigenvalue weighted by Gasteiger charge is -2.27. The first-order chi connectivity index (χ1) is 12.1. The van der Waals surface area contributed by atoms with E-state index < -0.39 is 0 Å². The van der Waals surface area contributed by atoms with Crippen LogP contribution in [0, 0.1) is 5.41 Å². The molecule has 0 bridgehead atoms. The van der Waals surface area contributed by atoms with Gasteiger partial charge in [0.2, 0.25) is 0 Å². The van der Waals surface area contributed by atoms with Gasteiger partial charge in [0.1, 0.15) is 12.0 Å². The summed E-state index contributed by atoms with van der Waals surface area (Å²) in [6, 6.07) is 24.5. The monoisotopic (exact) mass is 345 g/mol. The van der Waals surface area contributed by atoms with Crippen molar-refractivity contribution in [2.75, 3.05) is 7.05 Å². The summed E-state index contributed by atoms with van der Waals surface area (Å²) < 4.78 is 2.52. The summed E-state index contributed by atoms with van der Waals surface area (Å²) >= 11 is 1.78. The Labute approximate surface area is 150 Å². The normalized spacial score (nSPS) is 12.4. The maximum absolute atomic E-state index is 8.41. The van der Waals surface area contributed by atoms with Crippen LogP contribution >= 0.6 is 11.3 Å². The zero-order valence-corrected chi connectivity index (χ0v) is 14.8. The second-order valence-corrected chi connectivity index (χ2v) is 7.21. The third-order valence-corrected chi connectivity index (χ3v) is 5.70. The summed E-state index contributed by atoms with van der Waals surface area (Å²) in [7, 11) is 1.87. The van der Waals surface area contributed by atoms with Crippen LogP contribution in [0.3, 0.4) is 0 Å². The number of hydrogen-bond acceptors (Lipinski definition) is 3. The van der Waals surface area contributed by atoms with Gasteiger partial charge >= 0.3 is 0 Å². The van der Waals surface area contributed by atoms with Gasteiger partial charge in [0.25, 0.3) is 0 Å². The third kappa shape index (κ3) is 2.80. The average Bonchev–Trinajstić information content (AvgIpc) is 3.04. The van der Waals surface area contributed by atoms with E-state index in [9.17, 15) is 0 Å². The number of thiophene rings is 1.